The number of alkyl halides is 1. The highest BCUT2D eigenvalue weighted by atomic mass is 19.1. The number of pyridine rings is 1. The summed E-state index contributed by atoms with van der Waals surface area (Å²) in [6, 6.07) is 9.71. The van der Waals surface area contributed by atoms with Gasteiger partial charge in [-0.2, -0.15) is 0 Å². The van der Waals surface area contributed by atoms with Crippen molar-refractivity contribution < 1.29 is 18.3 Å². The molecule has 3 aromatic rings. The van der Waals surface area contributed by atoms with Crippen molar-refractivity contribution in [2.24, 2.45) is 0 Å². The van der Waals surface area contributed by atoms with Gasteiger partial charge in [0.05, 0.1) is 25.9 Å². The number of likely N-dealkylation sites (tertiary alicyclic amines) is 1. The van der Waals surface area contributed by atoms with Crippen molar-refractivity contribution in [3.05, 3.63) is 54.1 Å². The van der Waals surface area contributed by atoms with Crippen molar-refractivity contribution in [3.63, 3.8) is 0 Å². The zero-order chi connectivity index (χ0) is 17.6. The maximum absolute atomic E-state index is 14.2. The molecule has 2 aromatic heterocycles. The number of benzene rings is 1. The lowest BCUT2D eigenvalue weighted by molar-refractivity contribution is 0.0393. The highest BCUT2D eigenvalue weighted by Gasteiger charge is 2.33. The summed E-state index contributed by atoms with van der Waals surface area (Å²) in [6.45, 7) is 0.148. The lowest BCUT2D eigenvalue weighted by Gasteiger charge is -2.34. The Bertz CT molecular complexity index is 964. The maximum atomic E-state index is 14.2. The van der Waals surface area contributed by atoms with Crippen molar-refractivity contribution in [2.45, 2.75) is 6.17 Å². The second kappa shape index (κ2) is 5.84. The van der Waals surface area contributed by atoms with Crippen LogP contribution in [0.4, 0.5) is 8.78 Å². The van der Waals surface area contributed by atoms with Crippen LogP contribution < -0.4 is 4.74 Å². The summed E-state index contributed by atoms with van der Waals surface area (Å²) < 4.78 is 33.8. The van der Waals surface area contributed by atoms with Gasteiger partial charge in [0.25, 0.3) is 5.91 Å². The van der Waals surface area contributed by atoms with Crippen LogP contribution in [0.25, 0.3) is 16.7 Å². The molecule has 0 saturated carbocycles. The van der Waals surface area contributed by atoms with E-state index in [0.29, 0.717) is 17.0 Å². The number of aromatic nitrogens is 2. The largest absolute Gasteiger partial charge is 0.494 e. The number of rotatable bonds is 3. The van der Waals surface area contributed by atoms with Crippen molar-refractivity contribution >= 4 is 16.9 Å². The molecule has 0 N–H and O–H groups in total. The van der Waals surface area contributed by atoms with E-state index in [4.69, 9.17) is 4.74 Å². The summed E-state index contributed by atoms with van der Waals surface area (Å²) >= 11 is 0. The van der Waals surface area contributed by atoms with Crippen LogP contribution >= 0.6 is 0 Å². The van der Waals surface area contributed by atoms with Crippen molar-refractivity contribution in [2.75, 3.05) is 20.2 Å². The van der Waals surface area contributed by atoms with E-state index >= 15 is 0 Å². The molecule has 0 aliphatic carbocycles. The zero-order valence-corrected chi connectivity index (χ0v) is 13.4. The molecule has 1 amide bonds. The number of hydrogen-bond donors (Lipinski definition) is 0. The fraction of sp³-hybridized carbons (Fsp3) is 0.222. The smallest absolute Gasteiger partial charge is 0.271 e. The molecule has 7 heteroatoms. The van der Waals surface area contributed by atoms with Crippen molar-refractivity contribution in [1.29, 1.82) is 0 Å². The van der Waals surface area contributed by atoms with Gasteiger partial charge in [-0.3, -0.25) is 9.36 Å². The second-order valence-electron chi connectivity index (χ2n) is 5.91. The van der Waals surface area contributed by atoms with Crippen LogP contribution in [-0.2, 0) is 0 Å². The molecule has 1 aliphatic rings. The Balaban J connectivity index is 1.87. The van der Waals surface area contributed by atoms with Crippen LogP contribution in [-0.4, -0.2) is 46.7 Å². The van der Waals surface area contributed by atoms with Gasteiger partial charge in [0.2, 0.25) is 0 Å². The number of carbonyl (C=O) groups excluding carboxylic acids is 1. The van der Waals surface area contributed by atoms with Gasteiger partial charge in [0, 0.05) is 17.6 Å². The van der Waals surface area contributed by atoms with E-state index in [0.717, 1.165) is 5.39 Å². The van der Waals surface area contributed by atoms with Gasteiger partial charge in [0.15, 0.2) is 11.6 Å². The monoisotopic (exact) mass is 343 g/mol. The van der Waals surface area contributed by atoms with Gasteiger partial charge in [-0.25, -0.2) is 13.8 Å². The van der Waals surface area contributed by atoms with Gasteiger partial charge in [0.1, 0.15) is 17.5 Å². The average molecular weight is 343 g/mol. The van der Waals surface area contributed by atoms with Gasteiger partial charge in [-0.15, -0.1) is 0 Å². The molecule has 25 heavy (non-hydrogen) atoms. The summed E-state index contributed by atoms with van der Waals surface area (Å²) in [4.78, 5) is 18.5. The number of hydrogen-bond acceptors (Lipinski definition) is 3. The zero-order valence-electron chi connectivity index (χ0n) is 13.4. The second-order valence-corrected chi connectivity index (χ2v) is 5.91. The Labute approximate surface area is 142 Å². The van der Waals surface area contributed by atoms with Gasteiger partial charge in [-0.1, -0.05) is 0 Å². The molecule has 1 aliphatic heterocycles. The first kappa shape index (κ1) is 15.6. The van der Waals surface area contributed by atoms with E-state index in [1.54, 1.807) is 29.0 Å². The molecule has 0 atom stereocenters. The molecular formula is C18H15F2N3O2. The van der Waals surface area contributed by atoms with Gasteiger partial charge < -0.3 is 9.64 Å². The first-order valence-electron chi connectivity index (χ1n) is 7.82. The normalized spacial score (nSPS) is 14.6. The topological polar surface area (TPSA) is 47.4 Å². The van der Waals surface area contributed by atoms with Crippen LogP contribution in [0.3, 0.4) is 0 Å². The minimum absolute atomic E-state index is 0.0742. The maximum Gasteiger partial charge on any atom is 0.271 e. The predicted molar refractivity (Wildman–Crippen MR) is 88.4 cm³/mol. The van der Waals surface area contributed by atoms with E-state index in [9.17, 15) is 13.6 Å². The van der Waals surface area contributed by atoms with Crippen molar-refractivity contribution in [1.82, 2.24) is 14.5 Å². The highest BCUT2D eigenvalue weighted by Crippen LogP contribution is 2.28. The number of carbonyl (C=O) groups is 1. The number of amides is 1. The van der Waals surface area contributed by atoms with Crippen molar-refractivity contribution in [3.8, 4) is 11.4 Å². The minimum atomic E-state index is -0.988. The summed E-state index contributed by atoms with van der Waals surface area (Å²) in [5.74, 6) is -0.726. The van der Waals surface area contributed by atoms with Crippen LogP contribution in [0.15, 0.2) is 42.6 Å². The van der Waals surface area contributed by atoms with Crippen LogP contribution in [0.5, 0.6) is 5.75 Å². The number of halogens is 2. The van der Waals surface area contributed by atoms with E-state index in [2.05, 4.69) is 4.98 Å². The SMILES string of the molecule is COc1ccc(-n2c(C(=O)N3CC(F)C3)cc3cccnc32)cc1F. The Hall–Kier alpha value is -2.96. The molecule has 5 nitrogen and oxygen atoms in total. The van der Waals surface area contributed by atoms with Gasteiger partial charge >= 0.3 is 0 Å². The molecule has 0 radical (unpaired) electrons. The first-order chi connectivity index (χ1) is 12.1. The standard InChI is InChI=1S/C18H15F2N3O2/c1-25-16-5-4-13(8-14(16)20)23-15(18(24)22-9-12(19)10-22)7-11-3-2-6-21-17(11)23/h2-8,12H,9-10H2,1H3. The Kier molecular flexibility index (Phi) is 3.63. The molecule has 0 unspecified atom stereocenters. The molecular weight excluding hydrogens is 328 g/mol. The lowest BCUT2D eigenvalue weighted by atomic mass is 10.1. The molecule has 3 heterocycles. The summed E-state index contributed by atoms with van der Waals surface area (Å²) in [7, 11) is 1.39. The Morgan fingerprint density at radius 2 is 2.08 bits per heavy atom. The predicted octanol–water partition coefficient (Wildman–Crippen LogP) is 2.97. The van der Waals surface area contributed by atoms with Gasteiger partial charge in [-0.05, 0) is 30.3 Å². The molecule has 1 saturated heterocycles. The third-order valence-electron chi connectivity index (χ3n) is 4.30. The lowest BCUT2D eigenvalue weighted by Crippen LogP contribution is -2.51. The molecule has 128 valence electrons. The van der Waals surface area contributed by atoms with E-state index < -0.39 is 12.0 Å². The quantitative estimate of drug-likeness (QED) is 0.735. The number of fused-ring (bicyclic) bond motifs is 1. The van der Waals surface area contributed by atoms with E-state index in [-0.39, 0.29) is 24.7 Å². The summed E-state index contributed by atoms with van der Waals surface area (Å²) in [6.07, 6.45) is 0.618. The Morgan fingerprint density at radius 1 is 1.28 bits per heavy atom. The molecule has 1 aromatic carbocycles. The molecule has 4 rings (SSSR count). The van der Waals surface area contributed by atoms with E-state index in [1.165, 1.54) is 24.1 Å². The molecule has 0 bridgehead atoms. The number of ether oxygens (including phenoxy) is 1. The van der Waals surface area contributed by atoms with Crippen LogP contribution in [0, 0.1) is 5.82 Å². The molecule has 1 fully saturated rings. The average Bonchev–Trinajstić information content (AvgIpc) is 2.98. The van der Waals surface area contributed by atoms with Crippen LogP contribution in [0.1, 0.15) is 10.5 Å². The third kappa shape index (κ3) is 2.52. The third-order valence-corrected chi connectivity index (χ3v) is 4.30. The number of nitrogens with zero attached hydrogens (tertiary/aromatic N) is 3. The summed E-state index contributed by atoms with van der Waals surface area (Å²) in [5.41, 5.74) is 1.31. The van der Waals surface area contributed by atoms with Crippen LogP contribution in [0.2, 0.25) is 0 Å². The molecule has 0 spiro atoms. The highest BCUT2D eigenvalue weighted by molar-refractivity contribution is 5.99. The minimum Gasteiger partial charge on any atom is -0.494 e. The van der Waals surface area contributed by atoms with E-state index in [1.807, 2.05) is 6.07 Å². The number of methoxy groups -OCH3 is 1. The Morgan fingerprint density at radius 3 is 2.76 bits per heavy atom. The summed E-state index contributed by atoms with van der Waals surface area (Å²) in [5, 5.41) is 0.749. The fourth-order valence-electron chi connectivity index (χ4n) is 3.00. The fourth-order valence-corrected chi connectivity index (χ4v) is 3.00. The first-order valence-corrected chi connectivity index (χ1v) is 7.82.